The number of rotatable bonds is 5. The molecule has 0 spiro atoms. The average Bonchev–Trinajstić information content (AvgIpc) is 3.31. The first-order chi connectivity index (χ1) is 16.9. The Morgan fingerprint density at radius 2 is 1.83 bits per heavy atom. The van der Waals surface area contributed by atoms with Crippen molar-refractivity contribution in [2.45, 2.75) is 17.9 Å². The van der Waals surface area contributed by atoms with E-state index in [1.807, 2.05) is 0 Å². The second-order valence-electron chi connectivity index (χ2n) is 7.95. The van der Waals surface area contributed by atoms with E-state index in [0.717, 1.165) is 10.6 Å². The Kier molecular flexibility index (Phi) is 6.56. The van der Waals surface area contributed by atoms with Crippen LogP contribution in [0, 0.1) is 0 Å². The molecule has 2 amide bonds. The molecule has 0 saturated carbocycles. The smallest absolute Gasteiger partial charge is 0.277 e. The average molecular weight is 515 g/mol. The molecule has 182 valence electrons. The monoisotopic (exact) mass is 514 g/mol. The topological polar surface area (TPSA) is 135 Å². The van der Waals surface area contributed by atoms with Crippen LogP contribution in [0.1, 0.15) is 31.4 Å². The number of hydrogen-bond acceptors (Lipinski definition) is 9. The number of nitrogens with one attached hydrogen (secondary N) is 1. The van der Waals surface area contributed by atoms with Crippen molar-refractivity contribution in [1.82, 2.24) is 24.2 Å². The van der Waals surface area contributed by atoms with E-state index in [-0.39, 0.29) is 16.5 Å². The number of benzene rings is 1. The maximum atomic E-state index is 13.1. The Morgan fingerprint density at radius 1 is 1.06 bits per heavy atom. The van der Waals surface area contributed by atoms with Gasteiger partial charge in [-0.1, -0.05) is 11.3 Å². The summed E-state index contributed by atoms with van der Waals surface area (Å²) in [6.45, 7) is 2.21. The van der Waals surface area contributed by atoms with Gasteiger partial charge in [0.15, 0.2) is 5.13 Å². The maximum absolute atomic E-state index is 13.1. The van der Waals surface area contributed by atoms with Gasteiger partial charge < -0.3 is 9.64 Å². The van der Waals surface area contributed by atoms with E-state index in [1.54, 1.807) is 17.0 Å². The number of thiazole rings is 1. The van der Waals surface area contributed by atoms with Gasteiger partial charge in [-0.15, -0.1) is 0 Å². The molecule has 11 nitrogen and oxygen atoms in total. The molecule has 0 atom stereocenters. The number of anilines is 1. The van der Waals surface area contributed by atoms with Gasteiger partial charge in [0.2, 0.25) is 10.0 Å². The van der Waals surface area contributed by atoms with Gasteiger partial charge in [0.25, 0.3) is 11.8 Å². The Labute approximate surface area is 205 Å². The third kappa shape index (κ3) is 4.93. The molecular weight excluding hydrogens is 492 g/mol. The summed E-state index contributed by atoms with van der Waals surface area (Å²) in [6.07, 6.45) is 4.86. The van der Waals surface area contributed by atoms with E-state index < -0.39 is 15.9 Å². The van der Waals surface area contributed by atoms with Gasteiger partial charge in [-0.25, -0.2) is 18.4 Å². The third-order valence-corrected chi connectivity index (χ3v) is 8.65. The van der Waals surface area contributed by atoms with Crippen LogP contribution < -0.4 is 5.32 Å². The standard InChI is InChI=1S/C22H22N6O5S2/c29-20(18-13-23-6-7-24-18)26-22-25-17-5-8-27(14-19(17)34-22)21(30)15-1-3-16(4-2-15)35(31,32)28-9-11-33-12-10-28/h1-4,6-7,13H,5,8-12,14H2,(H,25,26,29). The van der Waals surface area contributed by atoms with Crippen LogP contribution in [-0.4, -0.2) is 77.2 Å². The zero-order valence-electron chi connectivity index (χ0n) is 18.6. The molecule has 4 heterocycles. The van der Waals surface area contributed by atoms with Crippen molar-refractivity contribution in [3.05, 3.63) is 64.7 Å². The molecule has 0 unspecified atom stereocenters. The van der Waals surface area contributed by atoms with Gasteiger partial charge in [-0.2, -0.15) is 4.31 Å². The first-order valence-electron chi connectivity index (χ1n) is 10.9. The highest BCUT2D eigenvalue weighted by molar-refractivity contribution is 7.89. The molecule has 1 aromatic carbocycles. The molecule has 0 radical (unpaired) electrons. The van der Waals surface area contributed by atoms with Gasteiger partial charge in [-0.05, 0) is 24.3 Å². The number of morpholine rings is 1. The molecular formula is C22H22N6O5S2. The minimum atomic E-state index is -3.62. The molecule has 0 aliphatic carbocycles. The lowest BCUT2D eigenvalue weighted by atomic mass is 10.1. The summed E-state index contributed by atoms with van der Waals surface area (Å²) in [5.74, 6) is -0.589. The van der Waals surface area contributed by atoms with Crippen LogP contribution in [0.2, 0.25) is 0 Å². The molecule has 2 aliphatic rings. The fourth-order valence-electron chi connectivity index (χ4n) is 3.89. The molecule has 35 heavy (non-hydrogen) atoms. The van der Waals surface area contributed by atoms with Crippen molar-refractivity contribution in [1.29, 1.82) is 0 Å². The molecule has 2 aliphatic heterocycles. The number of fused-ring (bicyclic) bond motifs is 1. The normalized spacial score (nSPS) is 16.5. The minimum Gasteiger partial charge on any atom is -0.379 e. The number of carbonyl (C=O) groups excluding carboxylic acids is 2. The zero-order valence-corrected chi connectivity index (χ0v) is 20.2. The number of nitrogens with zero attached hydrogens (tertiary/aromatic N) is 5. The minimum absolute atomic E-state index is 0.155. The highest BCUT2D eigenvalue weighted by Crippen LogP contribution is 2.29. The Hall–Kier alpha value is -3.26. The van der Waals surface area contributed by atoms with Crippen molar-refractivity contribution in [3.63, 3.8) is 0 Å². The summed E-state index contributed by atoms with van der Waals surface area (Å²) in [5, 5.41) is 3.17. The van der Waals surface area contributed by atoms with Gasteiger partial charge in [-0.3, -0.25) is 19.9 Å². The lowest BCUT2D eigenvalue weighted by Gasteiger charge is -2.27. The number of aromatic nitrogens is 3. The van der Waals surface area contributed by atoms with Crippen LogP contribution in [0.5, 0.6) is 0 Å². The number of ether oxygens (including phenoxy) is 1. The SMILES string of the molecule is O=C(Nc1nc2c(s1)CN(C(=O)c1ccc(S(=O)(=O)N3CCOCC3)cc1)CC2)c1cnccn1. The van der Waals surface area contributed by atoms with Crippen molar-refractivity contribution < 1.29 is 22.7 Å². The zero-order chi connectivity index (χ0) is 24.4. The lowest BCUT2D eigenvalue weighted by Crippen LogP contribution is -2.40. The van der Waals surface area contributed by atoms with Crippen LogP contribution in [0.3, 0.4) is 0 Å². The van der Waals surface area contributed by atoms with Crippen LogP contribution in [0.15, 0.2) is 47.8 Å². The molecule has 1 fully saturated rings. The summed E-state index contributed by atoms with van der Waals surface area (Å²) < 4.78 is 32.2. The fourth-order valence-corrected chi connectivity index (χ4v) is 6.31. The van der Waals surface area contributed by atoms with E-state index in [9.17, 15) is 18.0 Å². The van der Waals surface area contributed by atoms with Crippen LogP contribution >= 0.6 is 11.3 Å². The number of carbonyl (C=O) groups is 2. The third-order valence-electron chi connectivity index (χ3n) is 5.74. The molecule has 5 rings (SSSR count). The second kappa shape index (κ2) is 9.77. The van der Waals surface area contributed by atoms with Crippen molar-refractivity contribution in [2.24, 2.45) is 0 Å². The lowest BCUT2D eigenvalue weighted by molar-refractivity contribution is 0.0730. The summed E-state index contributed by atoms with van der Waals surface area (Å²) in [4.78, 5) is 40.5. The fraction of sp³-hybridized carbons (Fsp3) is 0.318. The largest absolute Gasteiger partial charge is 0.379 e. The predicted octanol–water partition coefficient (Wildman–Crippen LogP) is 1.40. The van der Waals surface area contributed by atoms with Gasteiger partial charge >= 0.3 is 0 Å². The van der Waals surface area contributed by atoms with E-state index >= 15 is 0 Å². The highest BCUT2D eigenvalue weighted by Gasteiger charge is 2.28. The molecule has 1 saturated heterocycles. The van der Waals surface area contributed by atoms with Crippen LogP contribution in [0.4, 0.5) is 5.13 Å². The molecule has 2 aromatic heterocycles. The van der Waals surface area contributed by atoms with E-state index in [4.69, 9.17) is 4.74 Å². The highest BCUT2D eigenvalue weighted by atomic mass is 32.2. The first kappa shape index (κ1) is 23.5. The molecule has 13 heteroatoms. The van der Waals surface area contributed by atoms with Crippen LogP contribution in [-0.2, 0) is 27.7 Å². The molecule has 1 N–H and O–H groups in total. The Bertz CT molecular complexity index is 1340. The van der Waals surface area contributed by atoms with Crippen molar-refractivity contribution in [3.8, 4) is 0 Å². The first-order valence-corrected chi connectivity index (χ1v) is 13.2. The number of amides is 2. The number of hydrogen-bond donors (Lipinski definition) is 1. The molecule has 0 bridgehead atoms. The van der Waals surface area contributed by atoms with Crippen molar-refractivity contribution in [2.75, 3.05) is 38.2 Å². The van der Waals surface area contributed by atoms with Gasteiger partial charge in [0.1, 0.15) is 5.69 Å². The number of sulfonamides is 1. The molecule has 3 aromatic rings. The summed E-state index contributed by atoms with van der Waals surface area (Å²) >= 11 is 1.32. The summed E-state index contributed by atoms with van der Waals surface area (Å²) in [7, 11) is -3.62. The Balaban J connectivity index is 1.25. The van der Waals surface area contributed by atoms with Gasteiger partial charge in [0, 0.05) is 48.9 Å². The predicted molar refractivity (Wildman–Crippen MR) is 127 cm³/mol. The van der Waals surface area contributed by atoms with Crippen LogP contribution in [0.25, 0.3) is 0 Å². The second-order valence-corrected chi connectivity index (χ2v) is 11.0. The maximum Gasteiger partial charge on any atom is 0.277 e. The quantitative estimate of drug-likeness (QED) is 0.540. The summed E-state index contributed by atoms with van der Waals surface area (Å²) in [6, 6.07) is 6.04. The van der Waals surface area contributed by atoms with E-state index in [2.05, 4.69) is 20.3 Å². The van der Waals surface area contributed by atoms with E-state index in [0.29, 0.717) is 56.5 Å². The summed E-state index contributed by atoms with van der Waals surface area (Å²) in [5.41, 5.74) is 1.45. The van der Waals surface area contributed by atoms with Crippen molar-refractivity contribution >= 4 is 38.3 Å². The van der Waals surface area contributed by atoms with Gasteiger partial charge in [0.05, 0.1) is 36.5 Å². The van der Waals surface area contributed by atoms with E-state index in [1.165, 1.54) is 46.4 Å². The Morgan fingerprint density at radius 3 is 2.54 bits per heavy atom.